The van der Waals surface area contributed by atoms with E-state index in [9.17, 15) is 0 Å². The van der Waals surface area contributed by atoms with Crippen molar-refractivity contribution in [2.24, 2.45) is 0 Å². The van der Waals surface area contributed by atoms with Gasteiger partial charge in [-0.2, -0.15) is 0 Å². The van der Waals surface area contributed by atoms with Crippen LogP contribution in [-0.2, 0) is 0 Å². The van der Waals surface area contributed by atoms with Gasteiger partial charge in [-0.05, 0) is 94.0 Å². The molecule has 0 spiro atoms. The van der Waals surface area contributed by atoms with Gasteiger partial charge in [-0.3, -0.25) is 0 Å². The Bertz CT molecular complexity index is 1850. The van der Waals surface area contributed by atoms with Gasteiger partial charge in [0.2, 0.25) is 0 Å². The predicted octanol–water partition coefficient (Wildman–Crippen LogP) is 13.4. The molecule has 0 amide bonds. The monoisotopic (exact) mass is 646 g/mol. The van der Waals surface area contributed by atoms with E-state index < -0.39 is 5.82 Å². The number of rotatable bonds is 5. The lowest BCUT2D eigenvalue weighted by Crippen LogP contribution is -2.02. The fourth-order valence-electron chi connectivity index (χ4n) is 5.35. The molecule has 0 aliphatic heterocycles. The van der Waals surface area contributed by atoms with Crippen LogP contribution in [0.4, 0.5) is 4.39 Å². The molecule has 0 aliphatic rings. The molecule has 0 aromatic heterocycles. The Kier molecular flexibility index (Phi) is 8.32. The maximum atomic E-state index is 17.6. The van der Waals surface area contributed by atoms with Gasteiger partial charge in [0, 0.05) is 47.4 Å². The van der Waals surface area contributed by atoms with Crippen LogP contribution in [0.15, 0.2) is 121 Å². The molecule has 0 unspecified atom stereocenters. The Labute approximate surface area is 268 Å². The molecule has 206 valence electrons. The minimum Gasteiger partial charge on any atom is -0.206 e. The van der Waals surface area contributed by atoms with Gasteiger partial charge in [0.05, 0.1) is 0 Å². The highest BCUT2D eigenvalue weighted by atomic mass is 35.5. The topological polar surface area (TPSA) is 0 Å². The van der Waals surface area contributed by atoms with Crippen molar-refractivity contribution in [3.63, 3.8) is 0 Å². The number of hydrogen-bond acceptors (Lipinski definition) is 0. The van der Waals surface area contributed by atoms with Gasteiger partial charge in [0.1, 0.15) is 5.82 Å². The molecule has 6 aromatic rings. The standard InChI is InChI=1S/C36H20Cl5F/c37-26-11-1-6-21(16-26)31-32(22-7-2-12-27(38)17-22)34(24-9-4-14-29(40)19-24)36(42)35(25-10-5-15-30(41)20-25)33(31)23-8-3-13-28(39)18-23/h1-20H. The summed E-state index contributed by atoms with van der Waals surface area (Å²) in [5.74, 6) is -0.435. The first-order valence-electron chi connectivity index (χ1n) is 13.0. The Balaban J connectivity index is 1.92. The summed E-state index contributed by atoms with van der Waals surface area (Å²) in [4.78, 5) is 0. The highest BCUT2D eigenvalue weighted by Crippen LogP contribution is 2.53. The Morgan fingerprint density at radius 3 is 0.762 bits per heavy atom. The molecule has 0 N–H and O–H groups in total. The van der Waals surface area contributed by atoms with Crippen LogP contribution in [-0.4, -0.2) is 0 Å². The van der Waals surface area contributed by atoms with Crippen LogP contribution in [0.3, 0.4) is 0 Å². The van der Waals surface area contributed by atoms with E-state index in [2.05, 4.69) is 0 Å². The quantitative estimate of drug-likeness (QED) is 0.174. The number of halogens is 6. The highest BCUT2D eigenvalue weighted by molar-refractivity contribution is 6.32. The summed E-state index contributed by atoms with van der Waals surface area (Å²) in [7, 11) is 0. The van der Waals surface area contributed by atoms with Crippen molar-refractivity contribution in [2.45, 2.75) is 0 Å². The van der Waals surface area contributed by atoms with Crippen LogP contribution < -0.4 is 0 Å². The van der Waals surface area contributed by atoms with Gasteiger partial charge in [0.15, 0.2) is 0 Å². The largest absolute Gasteiger partial charge is 0.206 e. The fourth-order valence-corrected chi connectivity index (χ4v) is 6.30. The molecule has 6 heteroatoms. The van der Waals surface area contributed by atoms with Crippen LogP contribution in [0.2, 0.25) is 25.1 Å². The average Bonchev–Trinajstić information content (AvgIpc) is 2.96. The molecular weight excluding hydrogens is 629 g/mol. The van der Waals surface area contributed by atoms with Gasteiger partial charge in [-0.25, -0.2) is 4.39 Å². The van der Waals surface area contributed by atoms with Gasteiger partial charge < -0.3 is 0 Å². The molecule has 0 nitrogen and oxygen atoms in total. The zero-order chi connectivity index (χ0) is 29.4. The van der Waals surface area contributed by atoms with E-state index in [1.165, 1.54) is 0 Å². The van der Waals surface area contributed by atoms with Crippen LogP contribution >= 0.6 is 58.0 Å². The van der Waals surface area contributed by atoms with Crippen molar-refractivity contribution < 1.29 is 4.39 Å². The van der Waals surface area contributed by atoms with Crippen molar-refractivity contribution in [1.29, 1.82) is 0 Å². The van der Waals surface area contributed by atoms with Crippen molar-refractivity contribution in [3.8, 4) is 55.6 Å². The second-order valence-electron chi connectivity index (χ2n) is 9.74. The number of benzene rings is 6. The highest BCUT2D eigenvalue weighted by Gasteiger charge is 2.29. The van der Waals surface area contributed by atoms with Gasteiger partial charge in [-0.15, -0.1) is 0 Å². The minimum absolute atomic E-state index is 0.371. The van der Waals surface area contributed by atoms with E-state index in [-0.39, 0.29) is 0 Å². The third-order valence-corrected chi connectivity index (χ3v) is 8.18. The second kappa shape index (κ2) is 12.1. The summed E-state index contributed by atoms with van der Waals surface area (Å²) < 4.78 is 17.6. The van der Waals surface area contributed by atoms with E-state index in [0.717, 1.165) is 22.3 Å². The van der Waals surface area contributed by atoms with Gasteiger partial charge >= 0.3 is 0 Å². The summed E-state index contributed by atoms with van der Waals surface area (Å²) in [5, 5.41) is 2.54. The lowest BCUT2D eigenvalue weighted by atomic mass is 9.78. The maximum Gasteiger partial charge on any atom is 0.140 e. The third kappa shape index (κ3) is 5.69. The minimum atomic E-state index is -0.435. The Morgan fingerprint density at radius 2 is 0.524 bits per heavy atom. The maximum absolute atomic E-state index is 17.6. The molecule has 0 saturated carbocycles. The van der Waals surface area contributed by atoms with Crippen molar-refractivity contribution in [3.05, 3.63) is 152 Å². The zero-order valence-electron chi connectivity index (χ0n) is 21.8. The first-order chi connectivity index (χ1) is 20.3. The van der Waals surface area contributed by atoms with Crippen LogP contribution in [0.5, 0.6) is 0 Å². The SMILES string of the molecule is Fc1c(-c2cccc(Cl)c2)c(-c2cccc(Cl)c2)c(-c2cccc(Cl)c2)c(-c2cccc(Cl)c2)c1-c1cccc(Cl)c1. The molecule has 6 rings (SSSR count). The van der Waals surface area contributed by atoms with Crippen molar-refractivity contribution in [1.82, 2.24) is 0 Å². The second-order valence-corrected chi connectivity index (χ2v) is 11.9. The Hall–Kier alpha value is -3.30. The molecule has 0 fully saturated rings. The fraction of sp³-hybridized carbons (Fsp3) is 0. The molecule has 0 aliphatic carbocycles. The number of hydrogen-bond donors (Lipinski definition) is 0. The van der Waals surface area contributed by atoms with Gasteiger partial charge in [0.25, 0.3) is 0 Å². The Morgan fingerprint density at radius 1 is 0.310 bits per heavy atom. The van der Waals surface area contributed by atoms with E-state index in [1.807, 2.05) is 84.9 Å². The molecule has 0 heterocycles. The lowest BCUT2D eigenvalue weighted by molar-refractivity contribution is 0.635. The summed E-state index contributed by atoms with van der Waals surface area (Å²) in [6.07, 6.45) is 0. The van der Waals surface area contributed by atoms with Crippen LogP contribution in [0, 0.1) is 5.82 Å². The first kappa shape index (κ1) is 28.8. The summed E-state index contributed by atoms with van der Waals surface area (Å²) in [5.41, 5.74) is 6.25. The van der Waals surface area contributed by atoms with Crippen molar-refractivity contribution in [2.75, 3.05) is 0 Å². The van der Waals surface area contributed by atoms with E-state index in [0.29, 0.717) is 58.5 Å². The first-order valence-corrected chi connectivity index (χ1v) is 14.9. The smallest absolute Gasteiger partial charge is 0.140 e. The molecule has 0 atom stereocenters. The van der Waals surface area contributed by atoms with Gasteiger partial charge in [-0.1, -0.05) is 119 Å². The molecular formula is C36H20Cl5F. The van der Waals surface area contributed by atoms with E-state index >= 15 is 4.39 Å². The van der Waals surface area contributed by atoms with Crippen LogP contribution in [0.25, 0.3) is 55.6 Å². The lowest BCUT2D eigenvalue weighted by Gasteiger charge is -2.26. The third-order valence-electron chi connectivity index (χ3n) is 7.01. The molecule has 0 saturated heterocycles. The van der Waals surface area contributed by atoms with E-state index in [4.69, 9.17) is 58.0 Å². The van der Waals surface area contributed by atoms with Crippen LogP contribution in [0.1, 0.15) is 0 Å². The predicted molar refractivity (Wildman–Crippen MR) is 179 cm³/mol. The summed E-state index contributed by atoms with van der Waals surface area (Å²) in [6, 6.07) is 36.7. The molecule has 0 radical (unpaired) electrons. The zero-order valence-corrected chi connectivity index (χ0v) is 25.6. The normalized spacial score (nSPS) is 11.1. The molecule has 0 bridgehead atoms. The summed E-state index contributed by atoms with van der Waals surface area (Å²) in [6.45, 7) is 0. The molecule has 6 aromatic carbocycles. The van der Waals surface area contributed by atoms with E-state index in [1.54, 1.807) is 36.4 Å². The summed E-state index contributed by atoms with van der Waals surface area (Å²) >= 11 is 32.6. The molecule has 42 heavy (non-hydrogen) atoms. The van der Waals surface area contributed by atoms with Crippen molar-refractivity contribution >= 4 is 58.0 Å². The average molecular weight is 649 g/mol.